The normalized spacial score (nSPS) is 18.6. The first kappa shape index (κ1) is 20.5. The van der Waals surface area contributed by atoms with Crippen LogP contribution in [-0.2, 0) is 0 Å². The van der Waals surface area contributed by atoms with Crippen LogP contribution in [0.15, 0.2) is 114 Å². The van der Waals surface area contributed by atoms with Crippen LogP contribution in [0.2, 0.25) is 0 Å². The number of carbonyl (C=O) groups is 2. The summed E-state index contributed by atoms with van der Waals surface area (Å²) in [6, 6.07) is 30.5. The molecular weight excluding hydrogens is 440 g/mol. The number of Topliss-reactive ketones (excluding diaryl/α,β-unsaturated/α-hetero) is 2. The Balaban J connectivity index is 1.59. The van der Waals surface area contributed by atoms with E-state index in [1.165, 1.54) is 0 Å². The van der Waals surface area contributed by atoms with Gasteiger partial charge in [-0.2, -0.15) is 5.10 Å². The third kappa shape index (κ3) is 2.94. The van der Waals surface area contributed by atoms with E-state index in [1.54, 1.807) is 28.5 Å². The molecule has 0 amide bonds. The van der Waals surface area contributed by atoms with E-state index in [2.05, 4.69) is 0 Å². The third-order valence-electron chi connectivity index (χ3n) is 6.45. The maximum absolute atomic E-state index is 14.2. The van der Waals surface area contributed by atoms with Crippen molar-refractivity contribution in [3.63, 3.8) is 0 Å². The number of nitrogens with zero attached hydrogens (tertiary/aromatic N) is 2. The molecule has 1 unspecified atom stereocenters. The molecule has 2 heterocycles. The number of hydrogen-bond donors (Lipinski definition) is 0. The van der Waals surface area contributed by atoms with Crippen molar-refractivity contribution < 1.29 is 9.59 Å². The number of ketones is 2. The fraction of sp³-hybridized carbons (Fsp3) is 0.0690. The van der Waals surface area contributed by atoms with Crippen LogP contribution in [0.3, 0.4) is 0 Å². The largest absolute Gasteiger partial charge is 0.291 e. The van der Waals surface area contributed by atoms with Gasteiger partial charge in [0.05, 0.1) is 17.3 Å². The quantitative estimate of drug-likeness (QED) is 0.339. The highest BCUT2D eigenvalue weighted by Gasteiger charge is 2.66. The van der Waals surface area contributed by atoms with Crippen LogP contribution in [0.25, 0.3) is 6.08 Å². The molecule has 1 atom stereocenters. The average molecular weight is 461 g/mol. The Labute approximate surface area is 201 Å². The van der Waals surface area contributed by atoms with Gasteiger partial charge in [-0.3, -0.25) is 9.59 Å². The zero-order chi connectivity index (χ0) is 23.1. The molecule has 4 nitrogen and oxygen atoms in total. The highest BCUT2D eigenvalue weighted by Crippen LogP contribution is 2.51. The van der Waals surface area contributed by atoms with Crippen LogP contribution in [0.4, 0.5) is 5.69 Å². The van der Waals surface area contributed by atoms with Crippen molar-refractivity contribution >= 4 is 40.4 Å². The molecule has 0 radical (unpaired) electrons. The monoisotopic (exact) mass is 460 g/mol. The standard InChI is InChI=1S/C29H20N2O2S/c32-27-22-14-7-8-15-23(22)28(33)29(27)26(25-16-9-19-34-25)24(18-17-20-10-3-1-4-11-20)30-31(29)21-12-5-2-6-13-21/h1-19,26H/b18-17+. The van der Waals surface area contributed by atoms with Gasteiger partial charge in [-0.05, 0) is 35.2 Å². The lowest BCUT2D eigenvalue weighted by molar-refractivity contribution is 0.0792. The maximum atomic E-state index is 14.2. The predicted molar refractivity (Wildman–Crippen MR) is 137 cm³/mol. The van der Waals surface area contributed by atoms with Gasteiger partial charge in [0.1, 0.15) is 0 Å². The number of carbonyl (C=O) groups excluding carboxylic acids is 2. The third-order valence-corrected chi connectivity index (χ3v) is 7.38. The minimum atomic E-state index is -1.49. The van der Waals surface area contributed by atoms with Crippen LogP contribution in [0, 0.1) is 0 Å². The second kappa shape index (κ2) is 8.04. The van der Waals surface area contributed by atoms with Crippen molar-refractivity contribution in [2.45, 2.75) is 11.5 Å². The molecule has 0 N–H and O–H groups in total. The van der Waals surface area contributed by atoms with Crippen LogP contribution < -0.4 is 5.01 Å². The molecule has 5 heteroatoms. The van der Waals surface area contributed by atoms with Crippen molar-refractivity contribution in [3.05, 3.63) is 130 Å². The van der Waals surface area contributed by atoms with Gasteiger partial charge in [0.25, 0.3) is 0 Å². The number of hydrazone groups is 1. The lowest BCUT2D eigenvalue weighted by atomic mass is 9.76. The van der Waals surface area contributed by atoms with E-state index in [-0.39, 0.29) is 11.6 Å². The fourth-order valence-corrected chi connectivity index (χ4v) is 5.85. The van der Waals surface area contributed by atoms with Crippen molar-refractivity contribution in [2.75, 3.05) is 5.01 Å². The summed E-state index contributed by atoms with van der Waals surface area (Å²) < 4.78 is 0. The predicted octanol–water partition coefficient (Wildman–Crippen LogP) is 6.24. The van der Waals surface area contributed by atoms with E-state index >= 15 is 0 Å². The zero-order valence-electron chi connectivity index (χ0n) is 18.2. The Morgan fingerprint density at radius 3 is 1.97 bits per heavy atom. The van der Waals surface area contributed by atoms with E-state index in [4.69, 9.17) is 5.10 Å². The Morgan fingerprint density at radius 2 is 1.35 bits per heavy atom. The zero-order valence-corrected chi connectivity index (χ0v) is 19.0. The molecule has 1 aliphatic carbocycles. The minimum absolute atomic E-state index is 0.206. The summed E-state index contributed by atoms with van der Waals surface area (Å²) in [6.45, 7) is 0. The van der Waals surface area contributed by atoms with E-state index in [9.17, 15) is 9.59 Å². The number of benzene rings is 3. The maximum Gasteiger partial charge on any atom is 0.201 e. The van der Waals surface area contributed by atoms with Crippen LogP contribution >= 0.6 is 11.3 Å². The van der Waals surface area contributed by atoms with E-state index < -0.39 is 11.5 Å². The highest BCUT2D eigenvalue weighted by molar-refractivity contribution is 7.10. The van der Waals surface area contributed by atoms with Gasteiger partial charge in [0.2, 0.25) is 5.54 Å². The molecule has 2 aliphatic rings. The minimum Gasteiger partial charge on any atom is -0.291 e. The summed E-state index contributed by atoms with van der Waals surface area (Å²) >= 11 is 1.54. The summed E-state index contributed by atoms with van der Waals surface area (Å²) in [5.74, 6) is -0.940. The SMILES string of the molecule is O=C1c2ccccc2C(=O)C12C(c1cccs1)C(/C=C/c1ccccc1)=NN2c1ccccc1. The number of thiophene rings is 1. The summed E-state index contributed by atoms with van der Waals surface area (Å²) in [6.07, 6.45) is 3.92. The van der Waals surface area contributed by atoms with Gasteiger partial charge < -0.3 is 0 Å². The van der Waals surface area contributed by atoms with Crippen LogP contribution in [0.1, 0.15) is 37.1 Å². The molecule has 164 valence electrons. The number of hydrogen-bond acceptors (Lipinski definition) is 5. The average Bonchev–Trinajstić information content (AvgIpc) is 3.58. The number of anilines is 1. The number of para-hydroxylation sites is 1. The molecule has 4 aromatic rings. The lowest BCUT2D eigenvalue weighted by Crippen LogP contribution is -2.56. The topological polar surface area (TPSA) is 49.7 Å². The van der Waals surface area contributed by atoms with Gasteiger partial charge in [-0.15, -0.1) is 11.3 Å². The van der Waals surface area contributed by atoms with Gasteiger partial charge in [-0.25, -0.2) is 5.01 Å². The Hall–Kier alpha value is -4.09. The van der Waals surface area contributed by atoms with E-state index in [1.807, 2.05) is 102 Å². The van der Waals surface area contributed by atoms with Crippen molar-refractivity contribution in [2.24, 2.45) is 5.10 Å². The summed E-state index contributed by atoms with van der Waals surface area (Å²) in [4.78, 5) is 29.3. The van der Waals surface area contributed by atoms with Gasteiger partial charge in [-0.1, -0.05) is 84.9 Å². The molecule has 0 saturated carbocycles. The Kier molecular flexibility index (Phi) is 4.85. The molecule has 0 saturated heterocycles. The van der Waals surface area contributed by atoms with Gasteiger partial charge >= 0.3 is 0 Å². The molecular formula is C29H20N2O2S. The number of fused-ring (bicyclic) bond motifs is 1. The summed E-state index contributed by atoms with van der Waals surface area (Å²) in [5, 5.41) is 8.59. The first-order valence-electron chi connectivity index (χ1n) is 11.1. The van der Waals surface area contributed by atoms with Gasteiger partial charge in [0, 0.05) is 16.0 Å². The molecule has 0 bridgehead atoms. The highest BCUT2D eigenvalue weighted by atomic mass is 32.1. The second-order valence-electron chi connectivity index (χ2n) is 8.33. The van der Waals surface area contributed by atoms with Crippen molar-refractivity contribution in [1.82, 2.24) is 0 Å². The second-order valence-corrected chi connectivity index (χ2v) is 9.31. The molecule has 0 fully saturated rings. The van der Waals surface area contributed by atoms with E-state index in [0.29, 0.717) is 22.5 Å². The Morgan fingerprint density at radius 1 is 0.735 bits per heavy atom. The number of allylic oxidation sites excluding steroid dienone is 1. The summed E-state index contributed by atoms with van der Waals surface area (Å²) in [5.41, 5.74) is 1.84. The first-order valence-corrected chi connectivity index (χ1v) is 12.0. The van der Waals surface area contributed by atoms with Crippen LogP contribution in [0.5, 0.6) is 0 Å². The summed E-state index contributed by atoms with van der Waals surface area (Å²) in [7, 11) is 0. The molecule has 1 aliphatic heterocycles. The Bertz CT molecular complexity index is 1410. The first-order chi connectivity index (χ1) is 16.7. The van der Waals surface area contributed by atoms with E-state index in [0.717, 1.165) is 10.4 Å². The molecule has 1 aromatic heterocycles. The molecule has 1 spiro atoms. The fourth-order valence-electron chi connectivity index (χ4n) is 4.95. The molecule has 3 aromatic carbocycles. The molecule has 6 rings (SSSR count). The van der Waals surface area contributed by atoms with Crippen LogP contribution in [-0.4, -0.2) is 22.8 Å². The lowest BCUT2D eigenvalue weighted by Gasteiger charge is -2.35. The smallest absolute Gasteiger partial charge is 0.201 e. The molecule has 34 heavy (non-hydrogen) atoms. The van der Waals surface area contributed by atoms with Crippen molar-refractivity contribution in [3.8, 4) is 0 Å². The van der Waals surface area contributed by atoms with Gasteiger partial charge in [0.15, 0.2) is 11.6 Å². The number of rotatable bonds is 4. The van der Waals surface area contributed by atoms with Crippen molar-refractivity contribution in [1.29, 1.82) is 0 Å².